The monoisotopic (exact) mass is 237 g/mol. The number of phenols is 1. The van der Waals surface area contributed by atoms with E-state index in [1.165, 1.54) is 0 Å². The highest BCUT2D eigenvalue weighted by Crippen LogP contribution is 2.44. The highest BCUT2D eigenvalue weighted by molar-refractivity contribution is 5.55. The van der Waals surface area contributed by atoms with Crippen molar-refractivity contribution in [3.63, 3.8) is 0 Å². The molecule has 0 unspecified atom stereocenters. The lowest BCUT2D eigenvalue weighted by atomic mass is 9.88. The van der Waals surface area contributed by atoms with E-state index in [9.17, 15) is 5.11 Å². The molecule has 1 fully saturated rings. The van der Waals surface area contributed by atoms with Crippen LogP contribution in [0.1, 0.15) is 24.3 Å². The molecular weight excluding hydrogens is 218 g/mol. The number of piperidine rings is 1. The van der Waals surface area contributed by atoms with Gasteiger partial charge in [-0.05, 0) is 44.0 Å². The summed E-state index contributed by atoms with van der Waals surface area (Å²) < 4.78 is 10.7. The number of methoxy groups -OCH3 is 2. The number of phenolic OH excluding ortho intramolecular Hbond substituents is 1. The largest absolute Gasteiger partial charge is 0.508 e. The number of benzene rings is 1. The molecule has 1 aliphatic rings. The van der Waals surface area contributed by atoms with Gasteiger partial charge in [-0.25, -0.2) is 0 Å². The summed E-state index contributed by atoms with van der Waals surface area (Å²) in [6, 6.07) is 3.41. The first kappa shape index (κ1) is 12.0. The normalized spacial score (nSPS) is 16.8. The lowest BCUT2D eigenvalue weighted by molar-refractivity contribution is 0.337. The predicted molar refractivity (Wildman–Crippen MR) is 66.1 cm³/mol. The molecule has 2 rings (SSSR count). The Morgan fingerprint density at radius 2 is 1.88 bits per heavy atom. The second kappa shape index (κ2) is 5.27. The van der Waals surface area contributed by atoms with Crippen LogP contribution in [0.4, 0.5) is 0 Å². The smallest absolute Gasteiger partial charge is 0.167 e. The summed E-state index contributed by atoms with van der Waals surface area (Å²) in [5.74, 6) is 1.98. The third-order valence-corrected chi connectivity index (χ3v) is 3.31. The van der Waals surface area contributed by atoms with E-state index in [2.05, 4.69) is 5.32 Å². The molecule has 0 aliphatic carbocycles. The molecule has 0 radical (unpaired) electrons. The zero-order valence-electron chi connectivity index (χ0n) is 10.3. The molecule has 2 N–H and O–H groups in total. The molecule has 1 aromatic rings. The average molecular weight is 237 g/mol. The van der Waals surface area contributed by atoms with Crippen LogP contribution in [0.25, 0.3) is 0 Å². The first-order chi connectivity index (χ1) is 8.27. The molecule has 0 saturated carbocycles. The molecule has 0 amide bonds. The van der Waals surface area contributed by atoms with Crippen molar-refractivity contribution < 1.29 is 14.6 Å². The fourth-order valence-electron chi connectivity index (χ4n) is 2.45. The highest BCUT2D eigenvalue weighted by Gasteiger charge is 2.24. The Bertz CT molecular complexity index is 386. The molecule has 94 valence electrons. The van der Waals surface area contributed by atoms with Crippen LogP contribution >= 0.6 is 0 Å². The van der Waals surface area contributed by atoms with Gasteiger partial charge in [-0.3, -0.25) is 0 Å². The maximum Gasteiger partial charge on any atom is 0.167 e. The SMILES string of the molecule is COc1ccc(O)c(C2CCNCC2)c1OC. The maximum absolute atomic E-state index is 10.0. The Labute approximate surface area is 102 Å². The number of rotatable bonds is 3. The van der Waals surface area contributed by atoms with E-state index in [0.29, 0.717) is 23.2 Å². The van der Waals surface area contributed by atoms with Crippen LogP contribution in [-0.4, -0.2) is 32.4 Å². The van der Waals surface area contributed by atoms with Crippen LogP contribution in [-0.2, 0) is 0 Å². The Balaban J connectivity index is 2.41. The van der Waals surface area contributed by atoms with Crippen molar-refractivity contribution in [1.29, 1.82) is 0 Å². The van der Waals surface area contributed by atoms with Gasteiger partial charge in [0.15, 0.2) is 11.5 Å². The molecular formula is C13H19NO3. The molecule has 0 spiro atoms. The van der Waals surface area contributed by atoms with Gasteiger partial charge in [0.05, 0.1) is 14.2 Å². The second-order valence-electron chi connectivity index (χ2n) is 4.26. The summed E-state index contributed by atoms with van der Waals surface area (Å²) in [6.45, 7) is 1.95. The van der Waals surface area contributed by atoms with Crippen molar-refractivity contribution in [2.24, 2.45) is 0 Å². The average Bonchev–Trinajstić information content (AvgIpc) is 2.39. The van der Waals surface area contributed by atoms with Gasteiger partial charge in [-0.2, -0.15) is 0 Å². The van der Waals surface area contributed by atoms with Crippen molar-refractivity contribution in [3.05, 3.63) is 17.7 Å². The quantitative estimate of drug-likeness (QED) is 0.842. The molecule has 4 nitrogen and oxygen atoms in total. The Kier molecular flexibility index (Phi) is 3.74. The van der Waals surface area contributed by atoms with Crippen molar-refractivity contribution >= 4 is 0 Å². The number of hydrogen-bond acceptors (Lipinski definition) is 4. The lowest BCUT2D eigenvalue weighted by Crippen LogP contribution is -2.26. The molecule has 1 saturated heterocycles. The van der Waals surface area contributed by atoms with Crippen molar-refractivity contribution in [1.82, 2.24) is 5.32 Å². The summed E-state index contributed by atoms with van der Waals surface area (Å²) in [5, 5.41) is 13.4. The first-order valence-corrected chi connectivity index (χ1v) is 5.92. The number of nitrogens with one attached hydrogen (secondary N) is 1. The van der Waals surface area contributed by atoms with Crippen LogP contribution < -0.4 is 14.8 Å². The van der Waals surface area contributed by atoms with Gasteiger partial charge in [0.1, 0.15) is 5.75 Å². The van der Waals surface area contributed by atoms with Crippen molar-refractivity contribution in [3.8, 4) is 17.2 Å². The second-order valence-corrected chi connectivity index (χ2v) is 4.26. The van der Waals surface area contributed by atoms with Crippen LogP contribution in [0, 0.1) is 0 Å². The number of aromatic hydroxyl groups is 1. The Morgan fingerprint density at radius 3 is 2.47 bits per heavy atom. The minimum absolute atomic E-state index is 0.301. The van der Waals surface area contributed by atoms with Crippen molar-refractivity contribution in [2.45, 2.75) is 18.8 Å². The predicted octanol–water partition coefficient (Wildman–Crippen LogP) is 1.88. The maximum atomic E-state index is 10.0. The van der Waals surface area contributed by atoms with Gasteiger partial charge in [0, 0.05) is 5.56 Å². The number of ether oxygens (including phenoxy) is 2. The van der Waals surface area contributed by atoms with E-state index in [1.54, 1.807) is 26.4 Å². The van der Waals surface area contributed by atoms with E-state index in [0.717, 1.165) is 31.5 Å². The van der Waals surface area contributed by atoms with E-state index >= 15 is 0 Å². The molecule has 0 bridgehead atoms. The summed E-state index contributed by atoms with van der Waals surface area (Å²) in [7, 11) is 3.23. The van der Waals surface area contributed by atoms with Gasteiger partial charge in [0.2, 0.25) is 0 Å². The van der Waals surface area contributed by atoms with Gasteiger partial charge in [0.25, 0.3) is 0 Å². The highest BCUT2D eigenvalue weighted by atomic mass is 16.5. The van der Waals surface area contributed by atoms with Gasteiger partial charge >= 0.3 is 0 Å². The van der Waals surface area contributed by atoms with E-state index in [4.69, 9.17) is 9.47 Å². The van der Waals surface area contributed by atoms with Crippen LogP contribution in [0.3, 0.4) is 0 Å². The molecule has 1 aliphatic heterocycles. The van der Waals surface area contributed by atoms with Crippen LogP contribution in [0.15, 0.2) is 12.1 Å². The number of hydrogen-bond donors (Lipinski definition) is 2. The fourth-order valence-corrected chi connectivity index (χ4v) is 2.45. The van der Waals surface area contributed by atoms with Gasteiger partial charge < -0.3 is 19.9 Å². The fraction of sp³-hybridized carbons (Fsp3) is 0.538. The minimum atomic E-state index is 0.301. The third-order valence-electron chi connectivity index (χ3n) is 3.31. The molecule has 0 aromatic heterocycles. The topological polar surface area (TPSA) is 50.7 Å². The van der Waals surface area contributed by atoms with E-state index < -0.39 is 0 Å². The summed E-state index contributed by atoms with van der Waals surface area (Å²) >= 11 is 0. The Morgan fingerprint density at radius 1 is 1.18 bits per heavy atom. The minimum Gasteiger partial charge on any atom is -0.508 e. The molecule has 17 heavy (non-hydrogen) atoms. The third kappa shape index (κ3) is 2.31. The molecule has 1 heterocycles. The van der Waals surface area contributed by atoms with Crippen molar-refractivity contribution in [2.75, 3.05) is 27.3 Å². The van der Waals surface area contributed by atoms with Crippen LogP contribution in [0.2, 0.25) is 0 Å². The lowest BCUT2D eigenvalue weighted by Gasteiger charge is -2.26. The van der Waals surface area contributed by atoms with E-state index in [1.807, 2.05) is 0 Å². The molecule has 1 aromatic carbocycles. The zero-order valence-corrected chi connectivity index (χ0v) is 10.3. The van der Waals surface area contributed by atoms with Gasteiger partial charge in [-0.15, -0.1) is 0 Å². The van der Waals surface area contributed by atoms with E-state index in [-0.39, 0.29) is 0 Å². The van der Waals surface area contributed by atoms with Crippen LogP contribution in [0.5, 0.6) is 17.2 Å². The summed E-state index contributed by atoms with van der Waals surface area (Å²) in [4.78, 5) is 0. The van der Waals surface area contributed by atoms with Gasteiger partial charge in [-0.1, -0.05) is 0 Å². The summed E-state index contributed by atoms with van der Waals surface area (Å²) in [6.07, 6.45) is 2.02. The first-order valence-electron chi connectivity index (χ1n) is 5.92. The zero-order chi connectivity index (χ0) is 12.3. The molecule has 4 heteroatoms. The summed E-state index contributed by atoms with van der Waals surface area (Å²) in [5.41, 5.74) is 0.883. The standard InChI is InChI=1S/C13H19NO3/c1-16-11-4-3-10(15)12(13(11)17-2)9-5-7-14-8-6-9/h3-4,9,14-15H,5-8H2,1-2H3. The Hall–Kier alpha value is -1.42. The molecule has 0 atom stereocenters.